The summed E-state index contributed by atoms with van der Waals surface area (Å²) in [6, 6.07) is 4.22. The van der Waals surface area contributed by atoms with E-state index in [1.807, 2.05) is 0 Å². The molecule has 0 bridgehead atoms. The van der Waals surface area contributed by atoms with Gasteiger partial charge in [0.05, 0.1) is 22.5 Å². The number of carboxylic acids is 1. The number of benzene rings is 1. The predicted molar refractivity (Wildman–Crippen MR) is 93.7 cm³/mol. The molecule has 0 saturated heterocycles. The zero-order valence-electron chi connectivity index (χ0n) is 14.2. The van der Waals surface area contributed by atoms with Gasteiger partial charge in [-0.25, -0.2) is 4.79 Å². The average Bonchev–Trinajstić information content (AvgIpc) is 2.65. The van der Waals surface area contributed by atoms with Gasteiger partial charge in [-0.1, -0.05) is 6.07 Å². The van der Waals surface area contributed by atoms with E-state index in [1.165, 1.54) is 18.2 Å². The first kappa shape index (κ1) is 20.5. The highest BCUT2D eigenvalue weighted by Gasteiger charge is 2.49. The van der Waals surface area contributed by atoms with Crippen LogP contribution in [0.4, 0.5) is 5.69 Å². The quantitative estimate of drug-likeness (QED) is 0.447. The van der Waals surface area contributed by atoms with Gasteiger partial charge in [-0.05, 0) is 13.0 Å². The molecule has 1 heterocycles. The first-order valence-corrected chi connectivity index (χ1v) is 10.9. The standard InChI is InChI=1S/C15H19NO8S2/c1-10-15(2,9-26(22,23)24)12-5-4-11(14(17)18)8-13(12)16(10)6-3-7-25(19,20)21/h4-5,8H,3,6-7,9H2,1-2H3,(H2-,17,18,19,20,21,22,23,24)/p+1. The molecule has 26 heavy (non-hydrogen) atoms. The zero-order valence-corrected chi connectivity index (χ0v) is 15.8. The maximum absolute atomic E-state index is 11.5. The number of carbonyl (C=O) groups is 1. The van der Waals surface area contributed by atoms with Crippen molar-refractivity contribution in [3.63, 3.8) is 0 Å². The third-order valence-electron chi connectivity index (χ3n) is 4.59. The minimum Gasteiger partial charge on any atom is -0.478 e. The molecule has 2 rings (SSSR count). The lowest BCUT2D eigenvalue weighted by atomic mass is 9.81. The summed E-state index contributed by atoms with van der Waals surface area (Å²) in [5.74, 6) is -2.24. The Kier molecular flexibility index (Phi) is 5.30. The van der Waals surface area contributed by atoms with Crippen LogP contribution < -0.4 is 0 Å². The van der Waals surface area contributed by atoms with Crippen molar-refractivity contribution in [3.05, 3.63) is 29.3 Å². The molecule has 1 aromatic rings. The van der Waals surface area contributed by atoms with Crippen molar-refractivity contribution < 1.29 is 40.4 Å². The molecule has 0 amide bonds. The third-order valence-corrected chi connectivity index (χ3v) is 6.34. The number of hydrogen-bond acceptors (Lipinski definition) is 5. The van der Waals surface area contributed by atoms with Crippen LogP contribution in [-0.4, -0.2) is 65.4 Å². The van der Waals surface area contributed by atoms with E-state index in [9.17, 15) is 31.3 Å². The number of rotatable bonds is 7. The fourth-order valence-corrected chi connectivity index (χ4v) is 4.86. The summed E-state index contributed by atoms with van der Waals surface area (Å²) in [6.07, 6.45) is 0.0505. The van der Waals surface area contributed by atoms with Crippen LogP contribution in [0.1, 0.15) is 36.2 Å². The molecule has 3 N–H and O–H groups in total. The van der Waals surface area contributed by atoms with Crippen LogP contribution >= 0.6 is 0 Å². The summed E-state index contributed by atoms with van der Waals surface area (Å²) in [5, 5.41) is 9.19. The number of nitrogens with zero attached hydrogens (tertiary/aromatic N) is 1. The smallest absolute Gasteiger partial charge is 0.335 e. The Morgan fingerprint density at radius 3 is 2.27 bits per heavy atom. The Hall–Kier alpha value is -1.82. The van der Waals surface area contributed by atoms with Gasteiger partial charge in [0.15, 0.2) is 5.71 Å². The van der Waals surface area contributed by atoms with Gasteiger partial charge in [-0.2, -0.15) is 21.4 Å². The molecule has 0 saturated carbocycles. The summed E-state index contributed by atoms with van der Waals surface area (Å²) < 4.78 is 64.7. The number of hydrogen-bond donors (Lipinski definition) is 3. The second kappa shape index (κ2) is 6.72. The van der Waals surface area contributed by atoms with E-state index in [0.717, 1.165) is 0 Å². The molecule has 0 aromatic heterocycles. The van der Waals surface area contributed by atoms with Gasteiger partial charge >= 0.3 is 5.97 Å². The molecule has 0 spiro atoms. The zero-order chi connectivity index (χ0) is 19.9. The van der Waals surface area contributed by atoms with Crippen LogP contribution in [0.25, 0.3) is 0 Å². The van der Waals surface area contributed by atoms with Gasteiger partial charge in [0.1, 0.15) is 6.54 Å². The van der Waals surface area contributed by atoms with E-state index >= 15 is 0 Å². The van der Waals surface area contributed by atoms with Gasteiger partial charge in [0.2, 0.25) is 5.69 Å². The first-order valence-electron chi connectivity index (χ1n) is 7.64. The second-order valence-electron chi connectivity index (χ2n) is 6.47. The molecule has 0 radical (unpaired) electrons. The molecular weight excluding hydrogens is 386 g/mol. The molecule has 1 aliphatic rings. The molecule has 1 atom stereocenters. The Bertz CT molecular complexity index is 994. The van der Waals surface area contributed by atoms with Crippen molar-refractivity contribution >= 4 is 37.6 Å². The van der Waals surface area contributed by atoms with Crippen molar-refractivity contribution in [2.75, 3.05) is 18.1 Å². The fraction of sp³-hybridized carbons (Fsp3) is 0.467. The van der Waals surface area contributed by atoms with Crippen LogP contribution in [0.5, 0.6) is 0 Å². The van der Waals surface area contributed by atoms with Crippen LogP contribution in [-0.2, 0) is 25.7 Å². The van der Waals surface area contributed by atoms with Crippen molar-refractivity contribution in [1.29, 1.82) is 0 Å². The highest BCUT2D eigenvalue weighted by Crippen LogP contribution is 2.41. The highest BCUT2D eigenvalue weighted by molar-refractivity contribution is 7.86. The monoisotopic (exact) mass is 406 g/mol. The van der Waals surface area contributed by atoms with E-state index in [2.05, 4.69) is 0 Å². The van der Waals surface area contributed by atoms with E-state index in [0.29, 0.717) is 17.0 Å². The Balaban J connectivity index is 2.55. The normalized spacial score (nSPS) is 20.3. The predicted octanol–water partition coefficient (Wildman–Crippen LogP) is 0.927. The van der Waals surface area contributed by atoms with Crippen LogP contribution in [0.2, 0.25) is 0 Å². The lowest BCUT2D eigenvalue weighted by Crippen LogP contribution is -2.37. The Morgan fingerprint density at radius 1 is 1.15 bits per heavy atom. The van der Waals surface area contributed by atoms with Crippen molar-refractivity contribution in [3.8, 4) is 0 Å². The van der Waals surface area contributed by atoms with Crippen molar-refractivity contribution in [2.45, 2.75) is 25.7 Å². The van der Waals surface area contributed by atoms with E-state index in [1.54, 1.807) is 18.4 Å². The third kappa shape index (κ3) is 4.29. The second-order valence-corrected chi connectivity index (χ2v) is 9.50. The molecule has 1 aromatic carbocycles. The topological polar surface area (TPSA) is 149 Å². The Morgan fingerprint density at radius 2 is 1.77 bits per heavy atom. The van der Waals surface area contributed by atoms with Gasteiger partial charge in [-0.3, -0.25) is 9.11 Å². The molecular formula is C15H20NO8S2+. The summed E-state index contributed by atoms with van der Waals surface area (Å²) in [5.41, 5.74) is 0.377. The highest BCUT2D eigenvalue weighted by atomic mass is 32.2. The molecule has 0 aliphatic carbocycles. The molecule has 1 aliphatic heterocycles. The maximum atomic E-state index is 11.5. The van der Waals surface area contributed by atoms with Crippen LogP contribution in [0.15, 0.2) is 18.2 Å². The van der Waals surface area contributed by atoms with Crippen molar-refractivity contribution in [2.24, 2.45) is 0 Å². The average molecular weight is 406 g/mol. The van der Waals surface area contributed by atoms with Gasteiger partial charge < -0.3 is 5.11 Å². The molecule has 11 heteroatoms. The molecule has 144 valence electrons. The molecule has 1 unspecified atom stereocenters. The van der Waals surface area contributed by atoms with Crippen LogP contribution in [0.3, 0.4) is 0 Å². The van der Waals surface area contributed by atoms with E-state index in [4.69, 9.17) is 4.55 Å². The van der Waals surface area contributed by atoms with E-state index < -0.39 is 43.1 Å². The minimum atomic E-state index is -4.33. The minimum absolute atomic E-state index is 0.00700. The number of fused-ring (bicyclic) bond motifs is 1. The fourth-order valence-electron chi connectivity index (χ4n) is 3.27. The van der Waals surface area contributed by atoms with E-state index in [-0.39, 0.29) is 18.5 Å². The maximum Gasteiger partial charge on any atom is 0.335 e. The summed E-state index contributed by atoms with van der Waals surface area (Å²) in [6.45, 7) is 3.37. The molecule has 0 fully saturated rings. The summed E-state index contributed by atoms with van der Waals surface area (Å²) in [4.78, 5) is 11.3. The number of aromatic carboxylic acids is 1. The van der Waals surface area contributed by atoms with Gasteiger partial charge in [-0.15, -0.1) is 0 Å². The van der Waals surface area contributed by atoms with Gasteiger partial charge in [0, 0.05) is 25.0 Å². The molecule has 9 nitrogen and oxygen atoms in total. The summed E-state index contributed by atoms with van der Waals surface area (Å²) >= 11 is 0. The first-order chi connectivity index (χ1) is 11.7. The van der Waals surface area contributed by atoms with Crippen LogP contribution in [0, 0.1) is 0 Å². The van der Waals surface area contributed by atoms with Crippen molar-refractivity contribution in [1.82, 2.24) is 0 Å². The lowest BCUT2D eigenvalue weighted by molar-refractivity contribution is -0.438. The largest absolute Gasteiger partial charge is 0.478 e. The Labute approximate surface area is 151 Å². The lowest BCUT2D eigenvalue weighted by Gasteiger charge is -2.20. The SMILES string of the molecule is CC1=[N+](CCCS(=O)(=O)O)c2cc(C(=O)O)ccc2C1(C)CS(=O)(=O)O. The number of carboxylic acid groups (broad SMARTS) is 1. The van der Waals surface area contributed by atoms with Gasteiger partial charge in [0.25, 0.3) is 20.2 Å². The summed E-state index contributed by atoms with van der Waals surface area (Å²) in [7, 11) is -8.49.